The molecule has 66 valence electrons. The average Bonchev–Trinajstić information content (AvgIpc) is 1.92. The molecule has 0 aliphatic rings. The minimum absolute atomic E-state index is 0.0801. The molecule has 0 aromatic carbocycles. The van der Waals surface area contributed by atoms with Gasteiger partial charge in [-0.05, 0) is 25.4 Å². The van der Waals surface area contributed by atoms with Gasteiger partial charge in [0.25, 0.3) is 0 Å². The number of rotatable bonds is 1. The van der Waals surface area contributed by atoms with Gasteiger partial charge < -0.3 is 5.11 Å². The Morgan fingerprint density at radius 2 is 2.00 bits per heavy atom. The van der Waals surface area contributed by atoms with E-state index in [1.165, 1.54) is 6.20 Å². The van der Waals surface area contributed by atoms with E-state index in [0.717, 1.165) is 0 Å². The Morgan fingerprint density at radius 3 is 2.42 bits per heavy atom. The van der Waals surface area contributed by atoms with Gasteiger partial charge in [-0.3, -0.25) is 0 Å². The van der Waals surface area contributed by atoms with Crippen molar-refractivity contribution in [3.8, 4) is 0 Å². The second-order valence-corrected chi connectivity index (χ2v) is 3.64. The van der Waals surface area contributed by atoms with Crippen LogP contribution < -0.4 is 0 Å². The molecule has 0 bridgehead atoms. The molecule has 1 heterocycles. The Labute approximate surface area is 80.4 Å². The minimum atomic E-state index is -1.09. The van der Waals surface area contributed by atoms with E-state index >= 15 is 0 Å². The van der Waals surface area contributed by atoms with E-state index in [2.05, 4.69) is 9.97 Å². The first-order valence-corrected chi connectivity index (χ1v) is 4.08. The molecule has 0 saturated carbocycles. The molecule has 1 rings (SSSR count). The Bertz CT molecular complexity index is 296. The minimum Gasteiger partial charge on any atom is -0.384 e. The van der Waals surface area contributed by atoms with Crippen LogP contribution in [-0.2, 0) is 5.60 Å². The van der Waals surface area contributed by atoms with Crippen molar-refractivity contribution in [2.45, 2.75) is 19.4 Å². The second-order valence-electron chi connectivity index (χ2n) is 2.89. The van der Waals surface area contributed by atoms with E-state index in [1.807, 2.05) is 0 Å². The van der Waals surface area contributed by atoms with Crippen LogP contribution in [0.15, 0.2) is 6.20 Å². The molecule has 0 spiro atoms. The number of nitrogens with zero attached hydrogens (tertiary/aromatic N) is 2. The van der Waals surface area contributed by atoms with Crippen LogP contribution in [0.1, 0.15) is 19.5 Å². The fourth-order valence-corrected chi connectivity index (χ4v) is 1.23. The first-order chi connectivity index (χ1) is 5.41. The lowest BCUT2D eigenvalue weighted by molar-refractivity contribution is 0.0738. The van der Waals surface area contributed by atoms with Gasteiger partial charge in [-0.25, -0.2) is 9.97 Å². The zero-order chi connectivity index (χ0) is 9.35. The van der Waals surface area contributed by atoms with Gasteiger partial charge in [0, 0.05) is 0 Å². The first kappa shape index (κ1) is 9.71. The van der Waals surface area contributed by atoms with E-state index < -0.39 is 5.60 Å². The van der Waals surface area contributed by atoms with Crippen LogP contribution in [0.3, 0.4) is 0 Å². The fraction of sp³-hybridized carbons (Fsp3) is 0.429. The molecule has 12 heavy (non-hydrogen) atoms. The van der Waals surface area contributed by atoms with Gasteiger partial charge >= 0.3 is 0 Å². The molecule has 0 aliphatic heterocycles. The normalized spacial score (nSPS) is 11.8. The van der Waals surface area contributed by atoms with Crippen molar-refractivity contribution in [1.82, 2.24) is 9.97 Å². The van der Waals surface area contributed by atoms with Crippen molar-refractivity contribution in [3.63, 3.8) is 0 Å². The van der Waals surface area contributed by atoms with Crippen LogP contribution in [0.2, 0.25) is 10.3 Å². The molecule has 0 amide bonds. The number of hydrogen-bond acceptors (Lipinski definition) is 3. The van der Waals surface area contributed by atoms with Gasteiger partial charge in [0.05, 0.1) is 16.9 Å². The van der Waals surface area contributed by atoms with Crippen LogP contribution in [-0.4, -0.2) is 15.1 Å². The fourth-order valence-electron chi connectivity index (χ4n) is 0.775. The molecule has 1 aromatic heterocycles. The van der Waals surface area contributed by atoms with Crippen molar-refractivity contribution in [2.75, 3.05) is 0 Å². The van der Waals surface area contributed by atoms with Gasteiger partial charge in [-0.2, -0.15) is 0 Å². The van der Waals surface area contributed by atoms with Crippen LogP contribution >= 0.6 is 23.2 Å². The SMILES string of the molecule is CC(C)(O)c1nc(Cl)ncc1Cl. The monoisotopic (exact) mass is 206 g/mol. The third-order valence-electron chi connectivity index (χ3n) is 1.29. The lowest BCUT2D eigenvalue weighted by Crippen LogP contribution is -2.18. The Morgan fingerprint density at radius 1 is 1.42 bits per heavy atom. The maximum absolute atomic E-state index is 9.56. The highest BCUT2D eigenvalue weighted by Crippen LogP contribution is 2.25. The summed E-state index contributed by atoms with van der Waals surface area (Å²) in [5.41, 5.74) is -0.756. The number of hydrogen-bond donors (Lipinski definition) is 1. The molecule has 1 aromatic rings. The molecule has 0 unspecified atom stereocenters. The highest BCUT2D eigenvalue weighted by Gasteiger charge is 2.21. The maximum Gasteiger partial charge on any atom is 0.222 e. The lowest BCUT2D eigenvalue weighted by Gasteiger charge is -2.17. The van der Waals surface area contributed by atoms with Crippen LogP contribution in [0.5, 0.6) is 0 Å². The summed E-state index contributed by atoms with van der Waals surface area (Å²) in [5, 5.41) is 9.95. The van der Waals surface area contributed by atoms with Crippen molar-refractivity contribution >= 4 is 23.2 Å². The van der Waals surface area contributed by atoms with Gasteiger partial charge in [-0.15, -0.1) is 0 Å². The first-order valence-electron chi connectivity index (χ1n) is 3.32. The van der Waals surface area contributed by atoms with Crippen LogP contribution in [0.4, 0.5) is 0 Å². The van der Waals surface area contributed by atoms with E-state index in [-0.39, 0.29) is 5.28 Å². The quantitative estimate of drug-likeness (QED) is 0.716. The van der Waals surface area contributed by atoms with E-state index in [0.29, 0.717) is 10.7 Å². The zero-order valence-electron chi connectivity index (χ0n) is 6.67. The molecule has 3 nitrogen and oxygen atoms in total. The molecule has 0 saturated heterocycles. The highest BCUT2D eigenvalue weighted by atomic mass is 35.5. The number of aromatic nitrogens is 2. The van der Waals surface area contributed by atoms with Crippen molar-refractivity contribution in [2.24, 2.45) is 0 Å². The van der Waals surface area contributed by atoms with E-state index in [1.54, 1.807) is 13.8 Å². The van der Waals surface area contributed by atoms with E-state index in [9.17, 15) is 5.11 Å². The molecule has 0 atom stereocenters. The summed E-state index contributed by atoms with van der Waals surface area (Å²) in [6, 6.07) is 0. The Balaban J connectivity index is 3.23. The molecular formula is C7H8Cl2N2O. The lowest BCUT2D eigenvalue weighted by atomic mass is 10.1. The molecular weight excluding hydrogens is 199 g/mol. The summed E-state index contributed by atoms with van der Waals surface area (Å²) in [4.78, 5) is 7.48. The summed E-state index contributed by atoms with van der Waals surface area (Å²) in [6.45, 7) is 3.16. The molecule has 0 aliphatic carbocycles. The van der Waals surface area contributed by atoms with Gasteiger partial charge in [0.15, 0.2) is 0 Å². The summed E-state index contributed by atoms with van der Waals surface area (Å²) in [6.07, 6.45) is 1.37. The highest BCUT2D eigenvalue weighted by molar-refractivity contribution is 6.32. The maximum atomic E-state index is 9.56. The largest absolute Gasteiger partial charge is 0.384 e. The Kier molecular flexibility index (Phi) is 2.56. The number of aliphatic hydroxyl groups is 1. The summed E-state index contributed by atoms with van der Waals surface area (Å²) < 4.78 is 0. The van der Waals surface area contributed by atoms with Crippen LogP contribution in [0, 0.1) is 0 Å². The predicted molar refractivity (Wildman–Crippen MR) is 47.3 cm³/mol. The van der Waals surface area contributed by atoms with Crippen LogP contribution in [0.25, 0.3) is 0 Å². The summed E-state index contributed by atoms with van der Waals surface area (Å²) in [5.74, 6) is 0. The van der Waals surface area contributed by atoms with Gasteiger partial charge in [-0.1, -0.05) is 11.6 Å². The van der Waals surface area contributed by atoms with Gasteiger partial charge in [0.2, 0.25) is 5.28 Å². The summed E-state index contributed by atoms with van der Waals surface area (Å²) in [7, 11) is 0. The van der Waals surface area contributed by atoms with Gasteiger partial charge in [0.1, 0.15) is 5.60 Å². The second kappa shape index (κ2) is 3.17. The third kappa shape index (κ3) is 2.06. The molecule has 0 radical (unpaired) electrons. The smallest absolute Gasteiger partial charge is 0.222 e. The summed E-state index contributed by atoms with van der Waals surface area (Å²) >= 11 is 11.3. The zero-order valence-corrected chi connectivity index (χ0v) is 8.19. The van der Waals surface area contributed by atoms with Crippen molar-refractivity contribution < 1.29 is 5.11 Å². The van der Waals surface area contributed by atoms with Crippen molar-refractivity contribution in [1.29, 1.82) is 0 Å². The molecule has 0 fully saturated rings. The topological polar surface area (TPSA) is 46.0 Å². The molecule has 5 heteroatoms. The average molecular weight is 207 g/mol. The van der Waals surface area contributed by atoms with Crippen molar-refractivity contribution in [3.05, 3.63) is 22.2 Å². The standard InChI is InChI=1S/C7H8Cl2N2O/c1-7(2,12)5-4(8)3-10-6(9)11-5/h3,12H,1-2H3. The molecule has 1 N–H and O–H groups in total. The Hall–Kier alpha value is -0.380. The number of halogens is 2. The predicted octanol–water partition coefficient (Wildman–Crippen LogP) is 2.01. The van der Waals surface area contributed by atoms with E-state index in [4.69, 9.17) is 23.2 Å². The third-order valence-corrected chi connectivity index (χ3v) is 1.75.